The maximum atomic E-state index is 4.10. The molecule has 0 amide bonds. The fourth-order valence-electron chi connectivity index (χ4n) is 0.603. The minimum absolute atomic E-state index is 0.853. The summed E-state index contributed by atoms with van der Waals surface area (Å²) in [6, 6.07) is 1.93. The second-order valence-corrected chi connectivity index (χ2v) is 3.96. The van der Waals surface area contributed by atoms with Crippen molar-refractivity contribution < 1.29 is 0 Å². The van der Waals surface area contributed by atoms with E-state index in [1.165, 1.54) is 6.42 Å². The maximum Gasteiger partial charge on any atom is 0.118 e. The normalized spacial score (nSPS) is 10.0. The van der Waals surface area contributed by atoms with Crippen LogP contribution in [0.25, 0.3) is 0 Å². The lowest BCUT2D eigenvalue weighted by atomic mass is 10.6. The Hall–Kier alpha value is -0.0900. The van der Waals surface area contributed by atoms with E-state index in [1.807, 2.05) is 6.07 Å². The molecular weight excluding hydrogens is 224 g/mol. The van der Waals surface area contributed by atoms with Gasteiger partial charge in [0.05, 0.1) is 0 Å². The molecule has 0 unspecified atom stereocenters. The molecule has 1 rings (SSSR count). The smallest absolute Gasteiger partial charge is 0.118 e. The molecule has 1 aromatic rings. The van der Waals surface area contributed by atoms with Crippen LogP contribution in [0.1, 0.15) is 13.3 Å². The molecular formula is C7H9BrN2S. The Balaban J connectivity index is 2.56. The first kappa shape index (κ1) is 9.00. The van der Waals surface area contributed by atoms with Crippen LogP contribution in [-0.2, 0) is 0 Å². The van der Waals surface area contributed by atoms with E-state index < -0.39 is 0 Å². The third-order valence-corrected chi connectivity index (χ3v) is 2.63. The van der Waals surface area contributed by atoms with E-state index in [9.17, 15) is 0 Å². The molecule has 0 saturated carbocycles. The first-order valence-corrected chi connectivity index (χ1v) is 5.21. The lowest BCUT2D eigenvalue weighted by Gasteiger charge is -1.96. The quantitative estimate of drug-likeness (QED) is 0.593. The highest BCUT2D eigenvalue weighted by Crippen LogP contribution is 2.17. The summed E-state index contributed by atoms with van der Waals surface area (Å²) in [6.45, 7) is 2.16. The van der Waals surface area contributed by atoms with E-state index in [2.05, 4.69) is 32.8 Å². The second kappa shape index (κ2) is 4.72. The lowest BCUT2D eigenvalue weighted by molar-refractivity contribution is 1.02. The molecule has 0 aliphatic carbocycles. The molecule has 1 aromatic heterocycles. The van der Waals surface area contributed by atoms with Gasteiger partial charge in [-0.15, -0.1) is 11.8 Å². The molecule has 0 atom stereocenters. The number of thioether (sulfide) groups is 1. The molecule has 0 N–H and O–H groups in total. The Morgan fingerprint density at radius 1 is 1.55 bits per heavy atom. The number of halogens is 1. The average molecular weight is 233 g/mol. The van der Waals surface area contributed by atoms with Crippen LogP contribution in [0.4, 0.5) is 0 Å². The van der Waals surface area contributed by atoms with Gasteiger partial charge in [0.15, 0.2) is 0 Å². The minimum atomic E-state index is 0.853. The Morgan fingerprint density at radius 3 is 3.00 bits per heavy atom. The van der Waals surface area contributed by atoms with Crippen LogP contribution in [-0.4, -0.2) is 15.7 Å². The number of nitrogens with zero attached hydrogens (tertiary/aromatic N) is 2. The number of rotatable bonds is 3. The summed E-state index contributed by atoms with van der Waals surface area (Å²) < 4.78 is 0.853. The van der Waals surface area contributed by atoms with Crippen molar-refractivity contribution in [3.05, 3.63) is 17.0 Å². The molecule has 0 radical (unpaired) electrons. The minimum Gasteiger partial charge on any atom is -0.230 e. The van der Waals surface area contributed by atoms with Crippen LogP contribution in [0.15, 0.2) is 22.0 Å². The summed E-state index contributed by atoms with van der Waals surface area (Å²) in [5.74, 6) is 1.11. The molecule has 0 aliphatic heterocycles. The van der Waals surface area contributed by atoms with Gasteiger partial charge in [-0.2, -0.15) is 0 Å². The van der Waals surface area contributed by atoms with Crippen molar-refractivity contribution in [2.75, 3.05) is 5.75 Å². The lowest BCUT2D eigenvalue weighted by Crippen LogP contribution is -1.83. The van der Waals surface area contributed by atoms with Crippen molar-refractivity contribution in [3.8, 4) is 0 Å². The van der Waals surface area contributed by atoms with Crippen LogP contribution in [0, 0.1) is 0 Å². The van der Waals surface area contributed by atoms with Gasteiger partial charge in [-0.1, -0.05) is 6.92 Å². The molecule has 11 heavy (non-hydrogen) atoms. The molecule has 0 bridgehead atoms. The van der Waals surface area contributed by atoms with E-state index in [-0.39, 0.29) is 0 Å². The van der Waals surface area contributed by atoms with Gasteiger partial charge in [-0.25, -0.2) is 9.97 Å². The molecule has 0 spiro atoms. The van der Waals surface area contributed by atoms with E-state index >= 15 is 0 Å². The number of hydrogen-bond donors (Lipinski definition) is 0. The van der Waals surface area contributed by atoms with Gasteiger partial charge in [0.1, 0.15) is 16.0 Å². The van der Waals surface area contributed by atoms with Gasteiger partial charge in [-0.05, 0) is 28.1 Å². The fraction of sp³-hybridized carbons (Fsp3) is 0.429. The van der Waals surface area contributed by atoms with Crippen LogP contribution in [0.2, 0.25) is 0 Å². The van der Waals surface area contributed by atoms with Gasteiger partial charge in [-0.3, -0.25) is 0 Å². The van der Waals surface area contributed by atoms with Crippen molar-refractivity contribution in [1.29, 1.82) is 0 Å². The zero-order valence-corrected chi connectivity index (χ0v) is 8.65. The highest BCUT2D eigenvalue weighted by Gasteiger charge is 1.94. The van der Waals surface area contributed by atoms with Gasteiger partial charge >= 0.3 is 0 Å². The summed E-state index contributed by atoms with van der Waals surface area (Å²) >= 11 is 5.04. The van der Waals surface area contributed by atoms with Crippen molar-refractivity contribution in [3.63, 3.8) is 0 Å². The molecule has 1 heterocycles. The molecule has 2 nitrogen and oxygen atoms in total. The summed E-state index contributed by atoms with van der Waals surface area (Å²) in [7, 11) is 0. The Bertz CT molecular complexity index is 229. The van der Waals surface area contributed by atoms with Crippen LogP contribution in [0.5, 0.6) is 0 Å². The van der Waals surface area contributed by atoms with Crippen molar-refractivity contribution >= 4 is 27.7 Å². The van der Waals surface area contributed by atoms with E-state index in [0.29, 0.717) is 0 Å². The van der Waals surface area contributed by atoms with Crippen LogP contribution in [0.3, 0.4) is 0 Å². The second-order valence-electron chi connectivity index (χ2n) is 2.03. The summed E-state index contributed by atoms with van der Waals surface area (Å²) in [4.78, 5) is 8.04. The van der Waals surface area contributed by atoms with Crippen molar-refractivity contribution in [1.82, 2.24) is 9.97 Å². The monoisotopic (exact) mass is 232 g/mol. The van der Waals surface area contributed by atoms with Crippen LogP contribution < -0.4 is 0 Å². The first-order valence-electron chi connectivity index (χ1n) is 3.43. The maximum absolute atomic E-state index is 4.10. The van der Waals surface area contributed by atoms with Crippen LogP contribution >= 0.6 is 27.7 Å². The predicted molar refractivity (Wildman–Crippen MR) is 50.7 cm³/mol. The Labute approximate surface area is 79.0 Å². The zero-order chi connectivity index (χ0) is 8.10. The highest BCUT2D eigenvalue weighted by molar-refractivity contribution is 9.10. The fourth-order valence-corrected chi connectivity index (χ4v) is 1.79. The van der Waals surface area contributed by atoms with E-state index in [1.54, 1.807) is 18.1 Å². The van der Waals surface area contributed by atoms with Gasteiger partial charge in [0, 0.05) is 6.07 Å². The third kappa shape index (κ3) is 3.20. The first-order chi connectivity index (χ1) is 5.33. The molecule has 0 fully saturated rings. The summed E-state index contributed by atoms with van der Waals surface area (Å²) in [6.07, 6.45) is 2.74. The summed E-state index contributed by atoms with van der Waals surface area (Å²) in [5.41, 5.74) is 0. The standard InChI is InChI=1S/C7H9BrN2S/c1-2-3-11-7-4-6(8)9-5-10-7/h4-5H,2-3H2,1H3. The van der Waals surface area contributed by atoms with Gasteiger partial charge in [0.25, 0.3) is 0 Å². The van der Waals surface area contributed by atoms with E-state index in [4.69, 9.17) is 0 Å². The average Bonchev–Trinajstić information content (AvgIpc) is 2.01. The molecule has 60 valence electrons. The summed E-state index contributed by atoms with van der Waals surface area (Å²) in [5, 5.41) is 1.04. The molecule has 4 heteroatoms. The molecule has 0 aromatic carbocycles. The largest absolute Gasteiger partial charge is 0.230 e. The Kier molecular flexibility index (Phi) is 3.86. The Morgan fingerprint density at radius 2 is 2.36 bits per heavy atom. The zero-order valence-electron chi connectivity index (χ0n) is 6.25. The SMILES string of the molecule is CCCSc1cc(Br)ncn1. The third-order valence-electron chi connectivity index (χ3n) is 1.06. The number of hydrogen-bond acceptors (Lipinski definition) is 3. The number of aromatic nitrogens is 2. The van der Waals surface area contributed by atoms with Gasteiger partial charge < -0.3 is 0 Å². The predicted octanol–water partition coefficient (Wildman–Crippen LogP) is 2.74. The van der Waals surface area contributed by atoms with Gasteiger partial charge in [0.2, 0.25) is 0 Å². The molecule has 0 saturated heterocycles. The topological polar surface area (TPSA) is 25.8 Å². The highest BCUT2D eigenvalue weighted by atomic mass is 79.9. The van der Waals surface area contributed by atoms with Crippen molar-refractivity contribution in [2.45, 2.75) is 18.4 Å². The van der Waals surface area contributed by atoms with Crippen molar-refractivity contribution in [2.24, 2.45) is 0 Å². The van der Waals surface area contributed by atoms with E-state index in [0.717, 1.165) is 15.4 Å². The molecule has 0 aliphatic rings.